The molecule has 3 aromatic heterocycles. The van der Waals surface area contributed by atoms with Gasteiger partial charge in [-0.25, -0.2) is 4.98 Å². The zero-order chi connectivity index (χ0) is 17.2. The van der Waals surface area contributed by atoms with Gasteiger partial charge in [0.1, 0.15) is 11.4 Å². The lowest BCUT2D eigenvalue weighted by atomic mass is 10.1. The molecule has 6 heteroatoms. The molecule has 0 aliphatic carbocycles. The second-order valence-electron chi connectivity index (χ2n) is 5.42. The quantitative estimate of drug-likeness (QED) is 0.520. The van der Waals surface area contributed by atoms with Crippen molar-refractivity contribution in [1.82, 2.24) is 9.38 Å². The number of benzene rings is 1. The van der Waals surface area contributed by atoms with Crippen LogP contribution in [0.3, 0.4) is 0 Å². The first kappa shape index (κ1) is 15.5. The van der Waals surface area contributed by atoms with E-state index in [0.29, 0.717) is 6.61 Å². The molecule has 0 aliphatic rings. The van der Waals surface area contributed by atoms with Crippen molar-refractivity contribution in [3.05, 3.63) is 53.7 Å². The van der Waals surface area contributed by atoms with Crippen LogP contribution < -0.4 is 4.74 Å². The number of thiazole rings is 1. The van der Waals surface area contributed by atoms with E-state index in [9.17, 15) is 5.26 Å². The van der Waals surface area contributed by atoms with Gasteiger partial charge < -0.3 is 9.15 Å². The molecule has 0 atom stereocenters. The lowest BCUT2D eigenvalue weighted by Crippen LogP contribution is -1.95. The predicted octanol–water partition coefficient (Wildman–Crippen LogP) is 4.79. The summed E-state index contributed by atoms with van der Waals surface area (Å²) in [6, 6.07) is 13.8. The van der Waals surface area contributed by atoms with Gasteiger partial charge >= 0.3 is 0 Å². The SMILES string of the molecule is CCOc1ccc(-c2nc3scc(-c4ccco4)n3c2CC#N)cc1. The highest BCUT2D eigenvalue weighted by Gasteiger charge is 2.19. The zero-order valence-electron chi connectivity index (χ0n) is 13.6. The number of ether oxygens (including phenoxy) is 1. The Balaban J connectivity index is 1.87. The van der Waals surface area contributed by atoms with Crippen molar-refractivity contribution in [2.24, 2.45) is 0 Å². The average Bonchev–Trinajstić information content (AvgIpc) is 3.34. The molecular weight excluding hydrogens is 334 g/mol. The molecule has 0 saturated carbocycles. The van der Waals surface area contributed by atoms with Gasteiger partial charge in [0.2, 0.25) is 0 Å². The number of hydrogen-bond acceptors (Lipinski definition) is 5. The molecule has 4 aromatic rings. The normalized spacial score (nSPS) is 10.9. The number of rotatable bonds is 5. The Morgan fingerprint density at radius 1 is 1.28 bits per heavy atom. The minimum atomic E-state index is 0.272. The Labute approximate surface area is 148 Å². The van der Waals surface area contributed by atoms with Crippen LogP contribution in [0.4, 0.5) is 0 Å². The van der Waals surface area contributed by atoms with Crippen LogP contribution in [-0.4, -0.2) is 16.0 Å². The molecule has 0 radical (unpaired) electrons. The van der Waals surface area contributed by atoms with Crippen LogP contribution in [0.15, 0.2) is 52.5 Å². The Morgan fingerprint density at radius 3 is 2.80 bits per heavy atom. The first-order chi connectivity index (χ1) is 12.3. The summed E-state index contributed by atoms with van der Waals surface area (Å²) in [6.07, 6.45) is 1.92. The van der Waals surface area contributed by atoms with Crippen LogP contribution in [0.25, 0.3) is 27.7 Å². The summed E-state index contributed by atoms with van der Waals surface area (Å²) in [5, 5.41) is 11.3. The summed E-state index contributed by atoms with van der Waals surface area (Å²) in [6.45, 7) is 2.59. The summed E-state index contributed by atoms with van der Waals surface area (Å²) in [5.74, 6) is 1.59. The number of nitriles is 1. The fourth-order valence-corrected chi connectivity index (χ4v) is 3.75. The number of imidazole rings is 1. The lowest BCUT2D eigenvalue weighted by Gasteiger charge is -2.05. The van der Waals surface area contributed by atoms with E-state index in [4.69, 9.17) is 14.1 Å². The van der Waals surface area contributed by atoms with E-state index in [-0.39, 0.29) is 6.42 Å². The third kappa shape index (κ3) is 2.69. The molecule has 0 unspecified atom stereocenters. The fraction of sp³-hybridized carbons (Fsp3) is 0.158. The van der Waals surface area contributed by atoms with Gasteiger partial charge in [-0.3, -0.25) is 4.40 Å². The molecule has 0 amide bonds. The molecule has 0 aliphatic heterocycles. The second kappa shape index (κ2) is 6.46. The third-order valence-corrected chi connectivity index (χ3v) is 4.74. The summed E-state index contributed by atoms with van der Waals surface area (Å²) in [5.41, 5.74) is 3.58. The minimum Gasteiger partial charge on any atom is -0.494 e. The van der Waals surface area contributed by atoms with Crippen molar-refractivity contribution >= 4 is 16.3 Å². The van der Waals surface area contributed by atoms with Crippen LogP contribution in [0.2, 0.25) is 0 Å². The molecule has 5 nitrogen and oxygen atoms in total. The maximum absolute atomic E-state index is 9.31. The second-order valence-corrected chi connectivity index (χ2v) is 6.25. The van der Waals surface area contributed by atoms with Gasteiger partial charge in [0.05, 0.1) is 36.7 Å². The van der Waals surface area contributed by atoms with Gasteiger partial charge in [0.15, 0.2) is 10.7 Å². The largest absolute Gasteiger partial charge is 0.494 e. The standard InChI is InChI=1S/C19H15N3O2S/c1-2-23-14-7-5-13(6-8-14)18-15(9-10-20)22-16(12-25-19(22)21-18)17-4-3-11-24-17/h3-8,11-12H,2,9H2,1H3. The van der Waals surface area contributed by atoms with E-state index in [0.717, 1.165) is 39.1 Å². The van der Waals surface area contributed by atoms with Crippen LogP contribution >= 0.6 is 11.3 Å². The maximum atomic E-state index is 9.31. The molecule has 0 spiro atoms. The Kier molecular flexibility index (Phi) is 4.00. The number of fused-ring (bicyclic) bond motifs is 1. The summed E-state index contributed by atoms with van der Waals surface area (Å²) >= 11 is 1.54. The topological polar surface area (TPSA) is 63.5 Å². The molecule has 4 rings (SSSR count). The molecule has 0 N–H and O–H groups in total. The fourth-order valence-electron chi connectivity index (χ4n) is 2.86. The van der Waals surface area contributed by atoms with Crippen molar-refractivity contribution < 1.29 is 9.15 Å². The van der Waals surface area contributed by atoms with Crippen LogP contribution in [0.1, 0.15) is 12.6 Å². The van der Waals surface area contributed by atoms with Gasteiger partial charge in [-0.15, -0.1) is 11.3 Å². The first-order valence-corrected chi connectivity index (χ1v) is 8.82. The summed E-state index contributed by atoms with van der Waals surface area (Å²) in [7, 11) is 0. The zero-order valence-corrected chi connectivity index (χ0v) is 14.4. The predicted molar refractivity (Wildman–Crippen MR) is 96.7 cm³/mol. The van der Waals surface area contributed by atoms with Crippen molar-refractivity contribution in [2.75, 3.05) is 6.61 Å². The van der Waals surface area contributed by atoms with Crippen LogP contribution in [-0.2, 0) is 6.42 Å². The summed E-state index contributed by atoms with van der Waals surface area (Å²) in [4.78, 5) is 5.60. The molecule has 0 bridgehead atoms. The Morgan fingerprint density at radius 2 is 2.12 bits per heavy atom. The Hall–Kier alpha value is -3.04. The van der Waals surface area contributed by atoms with E-state index in [1.807, 2.05) is 53.1 Å². The molecule has 25 heavy (non-hydrogen) atoms. The number of furan rings is 1. The van der Waals surface area contributed by atoms with Gasteiger partial charge in [0, 0.05) is 10.9 Å². The molecule has 3 heterocycles. The van der Waals surface area contributed by atoms with Crippen LogP contribution in [0, 0.1) is 11.3 Å². The number of hydrogen-bond donors (Lipinski definition) is 0. The van der Waals surface area contributed by atoms with E-state index >= 15 is 0 Å². The van der Waals surface area contributed by atoms with E-state index in [1.54, 1.807) is 6.26 Å². The Bertz CT molecular complexity index is 1040. The van der Waals surface area contributed by atoms with Gasteiger partial charge in [-0.1, -0.05) is 0 Å². The van der Waals surface area contributed by atoms with E-state index in [2.05, 4.69) is 6.07 Å². The van der Waals surface area contributed by atoms with E-state index < -0.39 is 0 Å². The third-order valence-electron chi connectivity index (χ3n) is 3.92. The van der Waals surface area contributed by atoms with Crippen molar-refractivity contribution in [1.29, 1.82) is 5.26 Å². The highest BCUT2D eigenvalue weighted by atomic mass is 32.1. The molecular formula is C19H15N3O2S. The smallest absolute Gasteiger partial charge is 0.195 e. The highest BCUT2D eigenvalue weighted by molar-refractivity contribution is 7.15. The number of aromatic nitrogens is 2. The van der Waals surface area contributed by atoms with Gasteiger partial charge in [0.25, 0.3) is 0 Å². The minimum absolute atomic E-state index is 0.272. The average molecular weight is 349 g/mol. The molecule has 124 valence electrons. The monoisotopic (exact) mass is 349 g/mol. The van der Waals surface area contributed by atoms with Gasteiger partial charge in [-0.05, 0) is 43.3 Å². The highest BCUT2D eigenvalue weighted by Crippen LogP contribution is 2.33. The maximum Gasteiger partial charge on any atom is 0.195 e. The van der Waals surface area contributed by atoms with Crippen molar-refractivity contribution in [3.8, 4) is 34.5 Å². The van der Waals surface area contributed by atoms with Crippen molar-refractivity contribution in [2.45, 2.75) is 13.3 Å². The molecule has 0 fully saturated rings. The molecule has 0 saturated heterocycles. The summed E-state index contributed by atoms with van der Waals surface area (Å²) < 4.78 is 13.0. The van der Waals surface area contributed by atoms with Crippen LogP contribution in [0.5, 0.6) is 5.75 Å². The van der Waals surface area contributed by atoms with E-state index in [1.165, 1.54) is 11.3 Å². The first-order valence-electron chi connectivity index (χ1n) is 7.94. The van der Waals surface area contributed by atoms with Crippen molar-refractivity contribution in [3.63, 3.8) is 0 Å². The molecule has 1 aromatic carbocycles. The lowest BCUT2D eigenvalue weighted by molar-refractivity contribution is 0.340. The van der Waals surface area contributed by atoms with Gasteiger partial charge in [-0.2, -0.15) is 5.26 Å². The number of nitrogens with zero attached hydrogens (tertiary/aromatic N) is 3.